The van der Waals surface area contributed by atoms with E-state index in [1.807, 2.05) is 54.6 Å². The zero-order valence-electron chi connectivity index (χ0n) is 19.6. The maximum atomic E-state index is 13.7. The van der Waals surface area contributed by atoms with Crippen LogP contribution in [-0.2, 0) is 29.0 Å². The van der Waals surface area contributed by atoms with E-state index in [1.165, 1.54) is 0 Å². The lowest BCUT2D eigenvalue weighted by Gasteiger charge is -2.32. The number of amides is 2. The summed E-state index contributed by atoms with van der Waals surface area (Å²) in [6.45, 7) is 2.94. The minimum atomic E-state index is -0.674. The molecule has 0 aromatic heterocycles. The molecule has 0 heterocycles. The average molecular weight is 576 g/mol. The van der Waals surface area contributed by atoms with Crippen LogP contribution in [0.1, 0.15) is 36.5 Å². The van der Waals surface area contributed by atoms with E-state index in [9.17, 15) is 9.59 Å². The fourth-order valence-electron chi connectivity index (χ4n) is 3.82. The van der Waals surface area contributed by atoms with Crippen molar-refractivity contribution in [2.45, 2.75) is 45.2 Å². The van der Waals surface area contributed by atoms with Crippen LogP contribution in [-0.4, -0.2) is 29.3 Å². The van der Waals surface area contributed by atoms with Gasteiger partial charge in [0.05, 0.1) is 6.42 Å². The van der Waals surface area contributed by atoms with Gasteiger partial charge >= 0.3 is 0 Å². The molecule has 1 atom stereocenters. The number of nitrogens with one attached hydrogen (secondary N) is 1. The molecule has 0 unspecified atom stereocenters. The molecular weight excluding hydrogens is 547 g/mol. The number of halogens is 3. The first kappa shape index (κ1) is 27.3. The lowest BCUT2D eigenvalue weighted by Crippen LogP contribution is -2.51. The Morgan fingerprint density at radius 1 is 0.971 bits per heavy atom. The summed E-state index contributed by atoms with van der Waals surface area (Å²) in [5, 5.41) is 3.97. The highest BCUT2D eigenvalue weighted by Crippen LogP contribution is 2.24. The molecule has 0 fully saturated rings. The molecule has 0 aliphatic heterocycles. The van der Waals surface area contributed by atoms with Crippen molar-refractivity contribution >= 4 is 50.9 Å². The lowest BCUT2D eigenvalue weighted by molar-refractivity contribution is -0.140. The Labute approximate surface area is 225 Å². The fraction of sp³-hybridized carbons (Fsp3) is 0.286. The topological polar surface area (TPSA) is 49.4 Å². The highest BCUT2D eigenvalue weighted by atomic mass is 79.9. The number of hydrogen-bond donors (Lipinski definition) is 1. The molecule has 0 aliphatic carbocycles. The molecule has 0 saturated carbocycles. The molecule has 35 heavy (non-hydrogen) atoms. The first-order chi connectivity index (χ1) is 16.9. The third-order valence-corrected chi connectivity index (χ3v) is 6.78. The molecule has 0 aliphatic rings. The summed E-state index contributed by atoms with van der Waals surface area (Å²) in [5.41, 5.74) is 2.58. The van der Waals surface area contributed by atoms with Crippen LogP contribution in [0.15, 0.2) is 77.3 Å². The molecule has 2 amide bonds. The normalized spacial score (nSPS) is 11.7. The number of rotatable bonds is 11. The largest absolute Gasteiger partial charge is 0.354 e. The summed E-state index contributed by atoms with van der Waals surface area (Å²) in [4.78, 5) is 28.8. The lowest BCUT2D eigenvalue weighted by atomic mass is 10.0. The quantitative estimate of drug-likeness (QED) is 0.254. The predicted molar refractivity (Wildman–Crippen MR) is 147 cm³/mol. The van der Waals surface area contributed by atoms with Crippen LogP contribution in [0.3, 0.4) is 0 Å². The monoisotopic (exact) mass is 574 g/mol. The van der Waals surface area contributed by atoms with Gasteiger partial charge in [0.2, 0.25) is 11.8 Å². The van der Waals surface area contributed by atoms with Gasteiger partial charge in [-0.05, 0) is 47.4 Å². The van der Waals surface area contributed by atoms with Crippen LogP contribution in [0.2, 0.25) is 10.0 Å². The third kappa shape index (κ3) is 8.38. The number of unbranched alkanes of at least 4 members (excludes halogenated alkanes) is 1. The smallest absolute Gasteiger partial charge is 0.243 e. The van der Waals surface area contributed by atoms with Gasteiger partial charge in [0.1, 0.15) is 6.04 Å². The van der Waals surface area contributed by atoms with Crippen molar-refractivity contribution in [1.82, 2.24) is 10.2 Å². The van der Waals surface area contributed by atoms with E-state index in [0.717, 1.165) is 28.4 Å². The standard InChI is InChI=1S/C28H29BrCl2N2O2/c1-2-3-14-32-28(35)26(16-20-8-5-4-6-9-20)33(19-21-10-7-11-23(29)15-21)27(34)17-22-12-13-24(30)18-25(22)31/h4-13,15,18,26H,2-3,14,16-17,19H2,1H3,(H,32,35)/t26-/m0/s1. The van der Waals surface area contributed by atoms with Crippen LogP contribution in [0.25, 0.3) is 0 Å². The third-order valence-electron chi connectivity index (χ3n) is 5.70. The number of carbonyl (C=O) groups excluding carboxylic acids is 2. The first-order valence-electron chi connectivity index (χ1n) is 11.7. The van der Waals surface area contributed by atoms with Gasteiger partial charge in [-0.2, -0.15) is 0 Å². The maximum Gasteiger partial charge on any atom is 0.243 e. The molecule has 3 aromatic rings. The van der Waals surface area contributed by atoms with Crippen LogP contribution in [0.4, 0.5) is 0 Å². The Morgan fingerprint density at radius 2 is 1.71 bits per heavy atom. The van der Waals surface area contributed by atoms with E-state index in [0.29, 0.717) is 35.1 Å². The van der Waals surface area contributed by atoms with Gasteiger partial charge in [-0.1, -0.05) is 101 Å². The van der Waals surface area contributed by atoms with Crippen molar-refractivity contribution in [3.63, 3.8) is 0 Å². The van der Waals surface area contributed by atoms with Crippen LogP contribution in [0, 0.1) is 0 Å². The number of nitrogens with zero attached hydrogens (tertiary/aromatic N) is 1. The van der Waals surface area contributed by atoms with Crippen molar-refractivity contribution in [1.29, 1.82) is 0 Å². The summed E-state index contributed by atoms with van der Waals surface area (Å²) in [5.74, 6) is -0.339. The Bertz CT molecular complexity index is 1140. The number of carbonyl (C=O) groups is 2. The number of hydrogen-bond acceptors (Lipinski definition) is 2. The van der Waals surface area contributed by atoms with Gasteiger partial charge in [0.25, 0.3) is 0 Å². The summed E-state index contributed by atoms with van der Waals surface area (Å²) in [7, 11) is 0. The van der Waals surface area contributed by atoms with Gasteiger partial charge < -0.3 is 10.2 Å². The predicted octanol–water partition coefficient (Wildman–Crippen LogP) is 6.85. The molecule has 4 nitrogen and oxygen atoms in total. The molecule has 0 spiro atoms. The first-order valence-corrected chi connectivity index (χ1v) is 13.2. The van der Waals surface area contributed by atoms with Crippen molar-refractivity contribution in [2.75, 3.05) is 6.54 Å². The summed E-state index contributed by atoms with van der Waals surface area (Å²) in [6.07, 6.45) is 2.33. The molecule has 0 radical (unpaired) electrons. The summed E-state index contributed by atoms with van der Waals surface area (Å²) < 4.78 is 0.912. The van der Waals surface area contributed by atoms with E-state index >= 15 is 0 Å². The van der Waals surface area contributed by atoms with Crippen molar-refractivity contribution in [2.24, 2.45) is 0 Å². The Morgan fingerprint density at radius 3 is 2.40 bits per heavy atom. The molecule has 7 heteroatoms. The van der Waals surface area contributed by atoms with Gasteiger partial charge in [-0.3, -0.25) is 9.59 Å². The zero-order valence-corrected chi connectivity index (χ0v) is 22.7. The van der Waals surface area contributed by atoms with Gasteiger partial charge in [-0.25, -0.2) is 0 Å². The minimum absolute atomic E-state index is 0.0670. The van der Waals surface area contributed by atoms with Gasteiger partial charge in [0.15, 0.2) is 0 Å². The van der Waals surface area contributed by atoms with E-state index in [2.05, 4.69) is 28.2 Å². The summed E-state index contributed by atoms with van der Waals surface area (Å²) >= 11 is 15.9. The SMILES string of the molecule is CCCCNC(=O)[C@H](Cc1ccccc1)N(Cc1cccc(Br)c1)C(=O)Cc1ccc(Cl)cc1Cl. The Balaban J connectivity index is 1.96. The van der Waals surface area contributed by atoms with Gasteiger partial charge in [0, 0.05) is 34.0 Å². The Hall–Kier alpha value is -2.34. The van der Waals surface area contributed by atoms with E-state index in [1.54, 1.807) is 23.1 Å². The van der Waals surface area contributed by atoms with E-state index in [4.69, 9.17) is 23.2 Å². The average Bonchev–Trinajstić information content (AvgIpc) is 2.84. The highest BCUT2D eigenvalue weighted by Gasteiger charge is 2.30. The zero-order chi connectivity index (χ0) is 25.2. The molecule has 1 N–H and O–H groups in total. The maximum absolute atomic E-state index is 13.7. The minimum Gasteiger partial charge on any atom is -0.354 e. The van der Waals surface area contributed by atoms with Crippen molar-refractivity contribution < 1.29 is 9.59 Å². The molecule has 3 aromatic carbocycles. The Kier molecular flexibility index (Phi) is 10.6. The number of benzene rings is 3. The molecule has 184 valence electrons. The van der Waals surface area contributed by atoms with Crippen LogP contribution >= 0.6 is 39.1 Å². The molecular formula is C28H29BrCl2N2O2. The van der Waals surface area contributed by atoms with E-state index in [-0.39, 0.29) is 18.2 Å². The second-order valence-electron chi connectivity index (χ2n) is 8.41. The molecule has 3 rings (SSSR count). The van der Waals surface area contributed by atoms with E-state index < -0.39 is 6.04 Å². The highest BCUT2D eigenvalue weighted by molar-refractivity contribution is 9.10. The van der Waals surface area contributed by atoms with Crippen molar-refractivity contribution in [3.05, 3.63) is 104 Å². The second kappa shape index (κ2) is 13.7. The van der Waals surface area contributed by atoms with Gasteiger partial charge in [-0.15, -0.1) is 0 Å². The van der Waals surface area contributed by atoms with Crippen LogP contribution < -0.4 is 5.32 Å². The fourth-order valence-corrected chi connectivity index (χ4v) is 4.74. The van der Waals surface area contributed by atoms with Crippen molar-refractivity contribution in [3.8, 4) is 0 Å². The van der Waals surface area contributed by atoms with Crippen LogP contribution in [0.5, 0.6) is 0 Å². The molecule has 0 saturated heterocycles. The molecule has 0 bridgehead atoms. The second-order valence-corrected chi connectivity index (χ2v) is 10.2. The summed E-state index contributed by atoms with van der Waals surface area (Å²) in [6, 6.07) is 22.0.